The summed E-state index contributed by atoms with van der Waals surface area (Å²) in [6, 6.07) is 9.12. The largest absolute Gasteiger partial charge is 0.315 e. The van der Waals surface area contributed by atoms with Crippen molar-refractivity contribution in [1.82, 2.24) is 10.2 Å². The molecule has 1 heterocycles. The van der Waals surface area contributed by atoms with Gasteiger partial charge < -0.3 is 10.2 Å². The molecular formula is C15H24N2. The van der Waals surface area contributed by atoms with Crippen LogP contribution in [0.4, 0.5) is 0 Å². The van der Waals surface area contributed by atoms with Crippen LogP contribution in [0.1, 0.15) is 24.5 Å². The van der Waals surface area contributed by atoms with E-state index in [9.17, 15) is 0 Å². The molecule has 0 amide bonds. The van der Waals surface area contributed by atoms with Gasteiger partial charge in [-0.1, -0.05) is 31.2 Å². The van der Waals surface area contributed by atoms with E-state index in [0.717, 1.165) is 25.9 Å². The van der Waals surface area contributed by atoms with Crippen molar-refractivity contribution < 1.29 is 0 Å². The Bertz CT molecular complexity index is 348. The van der Waals surface area contributed by atoms with Crippen LogP contribution in [0.15, 0.2) is 24.3 Å². The molecule has 2 nitrogen and oxygen atoms in total. The van der Waals surface area contributed by atoms with Gasteiger partial charge in [-0.05, 0) is 51.0 Å². The van der Waals surface area contributed by atoms with Crippen molar-refractivity contribution in [3.8, 4) is 0 Å². The molecule has 1 aromatic carbocycles. The molecule has 0 bridgehead atoms. The fraction of sp³-hybridized carbons (Fsp3) is 0.600. The van der Waals surface area contributed by atoms with Crippen LogP contribution in [0.25, 0.3) is 0 Å². The molecule has 0 aromatic heterocycles. The molecular weight excluding hydrogens is 208 g/mol. The molecule has 1 aromatic rings. The Kier molecular flexibility index (Phi) is 3.85. The van der Waals surface area contributed by atoms with E-state index in [0.29, 0.717) is 5.54 Å². The summed E-state index contributed by atoms with van der Waals surface area (Å²) >= 11 is 0. The first-order chi connectivity index (χ1) is 8.16. The van der Waals surface area contributed by atoms with E-state index in [1.165, 1.54) is 17.5 Å². The zero-order valence-corrected chi connectivity index (χ0v) is 11.3. The molecule has 0 aliphatic carbocycles. The summed E-state index contributed by atoms with van der Waals surface area (Å²) in [5.74, 6) is 0. The fourth-order valence-corrected chi connectivity index (χ4v) is 2.69. The van der Waals surface area contributed by atoms with Gasteiger partial charge in [0.25, 0.3) is 0 Å². The van der Waals surface area contributed by atoms with Crippen molar-refractivity contribution in [2.75, 3.05) is 27.2 Å². The van der Waals surface area contributed by atoms with Gasteiger partial charge in [-0.2, -0.15) is 0 Å². The predicted molar refractivity (Wildman–Crippen MR) is 73.4 cm³/mol. The average molecular weight is 232 g/mol. The summed E-state index contributed by atoms with van der Waals surface area (Å²) in [4.78, 5) is 2.39. The van der Waals surface area contributed by atoms with Gasteiger partial charge in [-0.3, -0.25) is 0 Å². The molecule has 1 unspecified atom stereocenters. The molecule has 2 rings (SSSR count). The SMILES string of the molecule is CCc1ccc(CC2(N(C)C)CCNC2)cc1. The minimum atomic E-state index is 0.313. The second kappa shape index (κ2) is 5.19. The first-order valence-corrected chi connectivity index (χ1v) is 6.62. The Morgan fingerprint density at radius 3 is 2.29 bits per heavy atom. The molecule has 0 saturated carbocycles. The number of rotatable bonds is 4. The molecule has 1 aliphatic rings. The van der Waals surface area contributed by atoms with Gasteiger partial charge >= 0.3 is 0 Å². The third kappa shape index (κ3) is 2.70. The van der Waals surface area contributed by atoms with E-state index >= 15 is 0 Å². The van der Waals surface area contributed by atoms with Crippen LogP contribution < -0.4 is 5.32 Å². The van der Waals surface area contributed by atoms with E-state index in [2.05, 4.69) is 55.5 Å². The topological polar surface area (TPSA) is 15.3 Å². The van der Waals surface area contributed by atoms with Gasteiger partial charge in [-0.25, -0.2) is 0 Å². The predicted octanol–water partition coefficient (Wildman–Crippen LogP) is 2.09. The van der Waals surface area contributed by atoms with Crippen LogP contribution >= 0.6 is 0 Å². The van der Waals surface area contributed by atoms with Crippen molar-refractivity contribution in [2.45, 2.75) is 31.7 Å². The quantitative estimate of drug-likeness (QED) is 0.855. The molecule has 17 heavy (non-hydrogen) atoms. The normalized spacial score (nSPS) is 24.5. The monoisotopic (exact) mass is 232 g/mol. The Balaban J connectivity index is 2.12. The molecule has 0 spiro atoms. The second-order valence-corrected chi connectivity index (χ2v) is 5.39. The van der Waals surface area contributed by atoms with Gasteiger partial charge in [0.2, 0.25) is 0 Å². The summed E-state index contributed by atoms with van der Waals surface area (Å²) in [6.07, 6.45) is 3.52. The molecule has 0 radical (unpaired) electrons. The number of nitrogens with one attached hydrogen (secondary N) is 1. The highest BCUT2D eigenvalue weighted by Gasteiger charge is 2.35. The maximum Gasteiger partial charge on any atom is 0.0380 e. The number of aryl methyl sites for hydroxylation is 1. The maximum atomic E-state index is 3.50. The Morgan fingerprint density at radius 2 is 1.82 bits per heavy atom. The minimum absolute atomic E-state index is 0.313. The number of benzene rings is 1. The molecule has 1 saturated heterocycles. The van der Waals surface area contributed by atoms with Crippen molar-refractivity contribution in [3.05, 3.63) is 35.4 Å². The lowest BCUT2D eigenvalue weighted by molar-refractivity contribution is 0.172. The van der Waals surface area contributed by atoms with Gasteiger partial charge in [0.15, 0.2) is 0 Å². The van der Waals surface area contributed by atoms with Gasteiger partial charge in [-0.15, -0.1) is 0 Å². The van der Waals surface area contributed by atoms with E-state index in [-0.39, 0.29) is 0 Å². The van der Waals surface area contributed by atoms with E-state index in [1.807, 2.05) is 0 Å². The molecule has 1 atom stereocenters. The van der Waals surface area contributed by atoms with Crippen molar-refractivity contribution >= 4 is 0 Å². The highest BCUT2D eigenvalue weighted by atomic mass is 15.2. The fourth-order valence-electron chi connectivity index (χ4n) is 2.69. The number of likely N-dealkylation sites (N-methyl/N-ethyl adjacent to an activating group) is 1. The van der Waals surface area contributed by atoms with E-state index in [1.54, 1.807) is 0 Å². The lowest BCUT2D eigenvalue weighted by atomic mass is 9.88. The van der Waals surface area contributed by atoms with Crippen LogP contribution in [0.5, 0.6) is 0 Å². The number of hydrogen-bond acceptors (Lipinski definition) is 2. The highest BCUT2D eigenvalue weighted by molar-refractivity contribution is 5.24. The third-order valence-corrected chi connectivity index (χ3v) is 4.13. The molecule has 1 N–H and O–H groups in total. The van der Waals surface area contributed by atoms with Gasteiger partial charge in [0.05, 0.1) is 0 Å². The van der Waals surface area contributed by atoms with E-state index < -0.39 is 0 Å². The Hall–Kier alpha value is -0.860. The molecule has 1 fully saturated rings. The number of hydrogen-bond donors (Lipinski definition) is 1. The summed E-state index contributed by atoms with van der Waals surface area (Å²) in [5, 5.41) is 3.50. The lowest BCUT2D eigenvalue weighted by Gasteiger charge is -2.36. The first kappa shape index (κ1) is 12.6. The standard InChI is InChI=1S/C15H24N2/c1-4-13-5-7-14(8-6-13)11-15(17(2)3)9-10-16-12-15/h5-8,16H,4,9-12H2,1-3H3. The van der Waals surface area contributed by atoms with Gasteiger partial charge in [0, 0.05) is 12.1 Å². The Morgan fingerprint density at radius 1 is 1.18 bits per heavy atom. The van der Waals surface area contributed by atoms with E-state index in [4.69, 9.17) is 0 Å². The first-order valence-electron chi connectivity index (χ1n) is 6.62. The van der Waals surface area contributed by atoms with Crippen LogP contribution in [-0.4, -0.2) is 37.6 Å². The smallest absolute Gasteiger partial charge is 0.0380 e. The van der Waals surface area contributed by atoms with Crippen LogP contribution in [0, 0.1) is 0 Å². The minimum Gasteiger partial charge on any atom is -0.315 e. The summed E-state index contributed by atoms with van der Waals surface area (Å²) < 4.78 is 0. The third-order valence-electron chi connectivity index (χ3n) is 4.13. The summed E-state index contributed by atoms with van der Waals surface area (Å²) in [7, 11) is 4.40. The van der Waals surface area contributed by atoms with Crippen LogP contribution in [0.3, 0.4) is 0 Å². The molecule has 1 aliphatic heterocycles. The van der Waals surface area contributed by atoms with Crippen LogP contribution in [-0.2, 0) is 12.8 Å². The second-order valence-electron chi connectivity index (χ2n) is 5.39. The van der Waals surface area contributed by atoms with Crippen molar-refractivity contribution in [2.24, 2.45) is 0 Å². The summed E-state index contributed by atoms with van der Waals surface area (Å²) in [6.45, 7) is 4.46. The summed E-state index contributed by atoms with van der Waals surface area (Å²) in [5.41, 5.74) is 3.20. The Labute approximate surface area is 105 Å². The zero-order valence-electron chi connectivity index (χ0n) is 11.3. The average Bonchev–Trinajstić information content (AvgIpc) is 2.80. The molecule has 2 heteroatoms. The van der Waals surface area contributed by atoms with Gasteiger partial charge in [0.1, 0.15) is 0 Å². The van der Waals surface area contributed by atoms with Crippen LogP contribution in [0.2, 0.25) is 0 Å². The lowest BCUT2D eigenvalue weighted by Crippen LogP contribution is -2.47. The maximum absolute atomic E-state index is 3.50. The van der Waals surface area contributed by atoms with Crippen molar-refractivity contribution in [3.63, 3.8) is 0 Å². The van der Waals surface area contributed by atoms with Crippen molar-refractivity contribution in [1.29, 1.82) is 0 Å². The molecule has 94 valence electrons. The zero-order chi connectivity index (χ0) is 12.3. The highest BCUT2D eigenvalue weighted by Crippen LogP contribution is 2.25. The number of nitrogens with zero attached hydrogens (tertiary/aromatic N) is 1.